The number of carbonyl (C=O) groups is 1. The topological polar surface area (TPSA) is 76.1 Å². The fourth-order valence-corrected chi connectivity index (χ4v) is 1.98. The fraction of sp³-hybridized carbons (Fsp3) is 0.643. The van der Waals surface area contributed by atoms with Crippen molar-refractivity contribution in [2.24, 2.45) is 0 Å². The minimum Gasteiger partial charge on any atom is -0.376 e. The van der Waals surface area contributed by atoms with Crippen LogP contribution in [0.3, 0.4) is 0 Å². The Morgan fingerprint density at radius 1 is 1.60 bits per heavy atom. The highest BCUT2D eigenvalue weighted by Gasteiger charge is 2.17. The van der Waals surface area contributed by atoms with E-state index in [0.29, 0.717) is 18.2 Å². The Hall–Kier alpha value is -1.69. The number of nitrogens with one attached hydrogen (secondary N) is 2. The molecule has 1 amide bonds. The van der Waals surface area contributed by atoms with Crippen LogP contribution in [0.2, 0.25) is 0 Å². The van der Waals surface area contributed by atoms with Crippen LogP contribution < -0.4 is 10.6 Å². The largest absolute Gasteiger partial charge is 0.376 e. The molecule has 1 aliphatic heterocycles. The number of hydrogen-bond acceptors (Lipinski definition) is 5. The molecule has 110 valence electrons. The molecule has 0 radical (unpaired) electrons. The van der Waals surface area contributed by atoms with E-state index >= 15 is 0 Å². The van der Waals surface area contributed by atoms with Crippen LogP contribution in [-0.4, -0.2) is 41.2 Å². The van der Waals surface area contributed by atoms with Gasteiger partial charge in [0.1, 0.15) is 5.69 Å². The lowest BCUT2D eigenvalue weighted by atomic mass is 10.2. The van der Waals surface area contributed by atoms with Gasteiger partial charge in [0.25, 0.3) is 5.91 Å². The average Bonchev–Trinajstić information content (AvgIpc) is 2.98. The number of anilines is 1. The molecule has 2 rings (SSSR count). The monoisotopic (exact) mass is 278 g/mol. The lowest BCUT2D eigenvalue weighted by molar-refractivity contribution is 0.0853. The van der Waals surface area contributed by atoms with E-state index in [2.05, 4.69) is 27.5 Å². The zero-order chi connectivity index (χ0) is 14.4. The van der Waals surface area contributed by atoms with E-state index in [1.165, 1.54) is 0 Å². The molecule has 1 aliphatic rings. The quantitative estimate of drug-likeness (QED) is 0.826. The molecule has 0 aromatic carbocycles. The van der Waals surface area contributed by atoms with Crippen molar-refractivity contribution in [3.63, 3.8) is 0 Å². The molecule has 0 bridgehead atoms. The van der Waals surface area contributed by atoms with Crippen LogP contribution in [-0.2, 0) is 4.74 Å². The Morgan fingerprint density at radius 3 is 3.15 bits per heavy atom. The molecule has 2 N–H and O–H groups in total. The number of nitrogens with zero attached hydrogens (tertiary/aromatic N) is 2. The molecule has 2 unspecified atom stereocenters. The summed E-state index contributed by atoms with van der Waals surface area (Å²) >= 11 is 0. The van der Waals surface area contributed by atoms with Gasteiger partial charge in [-0.25, -0.2) is 9.97 Å². The molecule has 1 saturated heterocycles. The summed E-state index contributed by atoms with van der Waals surface area (Å²) in [5.74, 6) is 0.305. The van der Waals surface area contributed by atoms with Crippen molar-refractivity contribution >= 4 is 11.9 Å². The average molecular weight is 278 g/mol. The maximum absolute atomic E-state index is 12.0. The normalized spacial score (nSPS) is 19.6. The van der Waals surface area contributed by atoms with Crippen molar-refractivity contribution in [1.29, 1.82) is 0 Å². The second kappa shape index (κ2) is 7.19. The van der Waals surface area contributed by atoms with E-state index in [1.54, 1.807) is 12.3 Å². The van der Waals surface area contributed by atoms with Gasteiger partial charge in [0, 0.05) is 25.4 Å². The minimum absolute atomic E-state index is 0.137. The zero-order valence-electron chi connectivity index (χ0n) is 12.1. The highest BCUT2D eigenvalue weighted by Crippen LogP contribution is 2.11. The third kappa shape index (κ3) is 4.16. The van der Waals surface area contributed by atoms with Crippen LogP contribution in [0, 0.1) is 0 Å². The van der Waals surface area contributed by atoms with Gasteiger partial charge in [-0.15, -0.1) is 0 Å². The van der Waals surface area contributed by atoms with Gasteiger partial charge in [-0.2, -0.15) is 0 Å². The highest BCUT2D eigenvalue weighted by molar-refractivity contribution is 5.92. The van der Waals surface area contributed by atoms with Gasteiger partial charge >= 0.3 is 0 Å². The van der Waals surface area contributed by atoms with Crippen LogP contribution >= 0.6 is 0 Å². The first kappa shape index (κ1) is 14.7. The van der Waals surface area contributed by atoms with Gasteiger partial charge in [0.05, 0.1) is 6.10 Å². The molecule has 20 heavy (non-hydrogen) atoms. The molecular formula is C14H22N4O2. The molecule has 0 saturated carbocycles. The first-order valence-corrected chi connectivity index (χ1v) is 7.18. The van der Waals surface area contributed by atoms with Crippen molar-refractivity contribution in [3.05, 3.63) is 18.0 Å². The number of aromatic nitrogens is 2. The smallest absolute Gasteiger partial charge is 0.270 e. The zero-order valence-corrected chi connectivity index (χ0v) is 12.1. The first-order valence-electron chi connectivity index (χ1n) is 7.18. The van der Waals surface area contributed by atoms with Gasteiger partial charge < -0.3 is 15.4 Å². The maximum atomic E-state index is 12.0. The molecule has 2 heterocycles. The van der Waals surface area contributed by atoms with Crippen LogP contribution in [0.1, 0.15) is 43.6 Å². The van der Waals surface area contributed by atoms with Crippen molar-refractivity contribution < 1.29 is 9.53 Å². The van der Waals surface area contributed by atoms with Crippen molar-refractivity contribution in [2.45, 2.75) is 45.3 Å². The maximum Gasteiger partial charge on any atom is 0.270 e. The van der Waals surface area contributed by atoms with Gasteiger partial charge in [0.2, 0.25) is 5.95 Å². The van der Waals surface area contributed by atoms with Crippen molar-refractivity contribution in [2.75, 3.05) is 18.5 Å². The number of amides is 1. The van der Waals surface area contributed by atoms with Gasteiger partial charge in [-0.3, -0.25) is 4.79 Å². The molecule has 2 atom stereocenters. The summed E-state index contributed by atoms with van der Waals surface area (Å²) in [5.41, 5.74) is 0.379. The predicted octanol–water partition coefficient (Wildman–Crippen LogP) is 1.60. The van der Waals surface area contributed by atoms with Crippen LogP contribution in [0.4, 0.5) is 5.95 Å². The first-order chi connectivity index (χ1) is 9.69. The second-order valence-corrected chi connectivity index (χ2v) is 5.06. The Morgan fingerprint density at radius 2 is 2.45 bits per heavy atom. The third-order valence-electron chi connectivity index (χ3n) is 3.39. The number of carbonyl (C=O) groups excluding carboxylic acids is 1. The van der Waals surface area contributed by atoms with E-state index in [1.807, 2.05) is 6.92 Å². The Kier molecular flexibility index (Phi) is 5.29. The highest BCUT2D eigenvalue weighted by atomic mass is 16.5. The molecule has 6 nitrogen and oxygen atoms in total. The standard InChI is InChI=1S/C14H22N4O2/c1-3-10(2)17-14-15-7-6-12(18-14)13(19)16-9-11-5-4-8-20-11/h6-7,10-11H,3-5,8-9H2,1-2H3,(H,16,19)(H,15,17,18). The molecule has 0 aliphatic carbocycles. The van der Waals surface area contributed by atoms with E-state index in [0.717, 1.165) is 25.9 Å². The Balaban J connectivity index is 1.90. The van der Waals surface area contributed by atoms with E-state index in [9.17, 15) is 4.79 Å². The number of hydrogen-bond donors (Lipinski definition) is 2. The summed E-state index contributed by atoms with van der Waals surface area (Å²) in [6.45, 7) is 5.46. The summed E-state index contributed by atoms with van der Waals surface area (Å²) < 4.78 is 5.47. The molecule has 1 aromatic rings. The van der Waals surface area contributed by atoms with Crippen LogP contribution in [0.15, 0.2) is 12.3 Å². The molecular weight excluding hydrogens is 256 g/mol. The Labute approximate surface area is 119 Å². The predicted molar refractivity (Wildman–Crippen MR) is 76.7 cm³/mol. The van der Waals surface area contributed by atoms with Gasteiger partial charge in [-0.05, 0) is 32.3 Å². The Bertz CT molecular complexity index is 447. The molecule has 0 spiro atoms. The van der Waals surface area contributed by atoms with Crippen molar-refractivity contribution in [3.8, 4) is 0 Å². The molecule has 1 fully saturated rings. The lowest BCUT2D eigenvalue weighted by Crippen LogP contribution is -2.32. The molecule has 6 heteroatoms. The minimum atomic E-state index is -0.185. The third-order valence-corrected chi connectivity index (χ3v) is 3.39. The lowest BCUT2D eigenvalue weighted by Gasteiger charge is -2.12. The second-order valence-electron chi connectivity index (χ2n) is 5.06. The fourth-order valence-electron chi connectivity index (χ4n) is 1.98. The summed E-state index contributed by atoms with van der Waals surface area (Å²) in [6.07, 6.45) is 4.78. The van der Waals surface area contributed by atoms with E-state index < -0.39 is 0 Å². The van der Waals surface area contributed by atoms with E-state index in [-0.39, 0.29) is 18.1 Å². The van der Waals surface area contributed by atoms with E-state index in [4.69, 9.17) is 4.74 Å². The summed E-state index contributed by atoms with van der Waals surface area (Å²) in [4.78, 5) is 20.4. The van der Waals surface area contributed by atoms with Crippen LogP contribution in [0.5, 0.6) is 0 Å². The summed E-state index contributed by atoms with van der Waals surface area (Å²) in [7, 11) is 0. The molecule has 1 aromatic heterocycles. The number of ether oxygens (including phenoxy) is 1. The SMILES string of the molecule is CCC(C)Nc1nccc(C(=O)NCC2CCCO2)n1. The summed E-state index contributed by atoms with van der Waals surface area (Å²) in [6, 6.07) is 1.90. The van der Waals surface area contributed by atoms with Gasteiger partial charge in [-0.1, -0.05) is 6.92 Å². The van der Waals surface area contributed by atoms with Crippen LogP contribution in [0.25, 0.3) is 0 Å². The summed E-state index contributed by atoms with van der Waals surface area (Å²) in [5, 5.41) is 6.01. The number of rotatable bonds is 6. The van der Waals surface area contributed by atoms with Crippen molar-refractivity contribution in [1.82, 2.24) is 15.3 Å². The van der Waals surface area contributed by atoms with Gasteiger partial charge in [0.15, 0.2) is 0 Å².